The molecule has 0 aliphatic heterocycles. The first kappa shape index (κ1) is 21.6. The largest absolute Gasteiger partial charge is 0.340 e. The summed E-state index contributed by atoms with van der Waals surface area (Å²) in [4.78, 5) is 22.0. The van der Waals surface area contributed by atoms with Gasteiger partial charge < -0.3 is 4.98 Å². The maximum atomic E-state index is 13.4. The van der Waals surface area contributed by atoms with Crippen LogP contribution in [-0.4, -0.2) is 21.5 Å². The highest BCUT2D eigenvalue weighted by Crippen LogP contribution is 2.32. The summed E-state index contributed by atoms with van der Waals surface area (Å²) in [5, 5.41) is 2.91. The van der Waals surface area contributed by atoms with E-state index in [1.54, 1.807) is 29.3 Å². The first-order valence-electron chi connectivity index (χ1n) is 10.5. The molecule has 2 aromatic carbocycles. The molecule has 1 N–H and O–H groups in total. The number of hydrogen-bond acceptors (Lipinski definition) is 4. The molecule has 0 fully saturated rings. The third kappa shape index (κ3) is 6.42. The maximum Gasteiger partial charge on any atom is 0.165 e. The zero-order valence-electron chi connectivity index (χ0n) is 17.3. The highest BCUT2D eigenvalue weighted by atomic mass is 32.2. The van der Waals surface area contributed by atoms with E-state index in [9.17, 15) is 4.79 Å². The van der Waals surface area contributed by atoms with Gasteiger partial charge in [0.25, 0.3) is 0 Å². The SMILES string of the molecule is O=C(Cc1cccs1)C(CSc1ncc[nH]1)CC(Cc1ccccc1)c1ccccc1. The van der Waals surface area contributed by atoms with Crippen LogP contribution in [0.2, 0.25) is 0 Å². The van der Waals surface area contributed by atoms with E-state index in [4.69, 9.17) is 0 Å². The van der Waals surface area contributed by atoms with Gasteiger partial charge in [0.1, 0.15) is 5.78 Å². The van der Waals surface area contributed by atoms with E-state index in [1.165, 1.54) is 11.1 Å². The number of nitrogens with zero attached hydrogens (tertiary/aromatic N) is 1. The Labute approximate surface area is 192 Å². The molecule has 0 bridgehead atoms. The highest BCUT2D eigenvalue weighted by Gasteiger charge is 2.25. The lowest BCUT2D eigenvalue weighted by atomic mass is 9.83. The Morgan fingerprint density at radius 2 is 1.77 bits per heavy atom. The topological polar surface area (TPSA) is 45.8 Å². The van der Waals surface area contributed by atoms with Crippen LogP contribution in [0, 0.1) is 5.92 Å². The van der Waals surface area contributed by atoms with Crippen LogP contribution in [-0.2, 0) is 17.6 Å². The van der Waals surface area contributed by atoms with Gasteiger partial charge >= 0.3 is 0 Å². The minimum absolute atomic E-state index is 0.0360. The monoisotopic (exact) mass is 446 g/mol. The van der Waals surface area contributed by atoms with Crippen molar-refractivity contribution in [2.24, 2.45) is 5.92 Å². The van der Waals surface area contributed by atoms with Crippen molar-refractivity contribution in [1.82, 2.24) is 9.97 Å². The van der Waals surface area contributed by atoms with Gasteiger partial charge in [-0.25, -0.2) is 4.98 Å². The van der Waals surface area contributed by atoms with Crippen molar-refractivity contribution in [2.75, 3.05) is 5.75 Å². The molecule has 3 nitrogen and oxygen atoms in total. The predicted molar refractivity (Wildman–Crippen MR) is 130 cm³/mol. The van der Waals surface area contributed by atoms with Gasteiger partial charge in [0.2, 0.25) is 0 Å². The number of aromatic nitrogens is 2. The zero-order chi connectivity index (χ0) is 21.3. The Bertz CT molecular complexity index is 1030. The number of carbonyl (C=O) groups excluding carboxylic acids is 1. The molecule has 4 rings (SSSR count). The van der Waals surface area contributed by atoms with E-state index in [0.717, 1.165) is 28.6 Å². The Hall–Kier alpha value is -2.63. The van der Waals surface area contributed by atoms with Gasteiger partial charge in [-0.1, -0.05) is 78.5 Å². The number of ketones is 1. The van der Waals surface area contributed by atoms with E-state index in [0.29, 0.717) is 12.2 Å². The van der Waals surface area contributed by atoms with E-state index in [1.807, 2.05) is 23.7 Å². The molecule has 31 heavy (non-hydrogen) atoms. The van der Waals surface area contributed by atoms with Crippen molar-refractivity contribution in [3.63, 3.8) is 0 Å². The molecule has 4 aromatic rings. The number of rotatable bonds is 11. The molecule has 2 unspecified atom stereocenters. The summed E-state index contributed by atoms with van der Waals surface area (Å²) in [5.74, 6) is 1.30. The second kappa shape index (κ2) is 11.1. The van der Waals surface area contributed by atoms with E-state index >= 15 is 0 Å². The molecule has 0 amide bonds. The van der Waals surface area contributed by atoms with E-state index in [2.05, 4.69) is 70.6 Å². The average Bonchev–Trinajstić information content (AvgIpc) is 3.51. The molecule has 2 atom stereocenters. The van der Waals surface area contributed by atoms with Crippen molar-refractivity contribution < 1.29 is 4.79 Å². The van der Waals surface area contributed by atoms with Gasteiger partial charge in [0.05, 0.1) is 0 Å². The third-order valence-electron chi connectivity index (χ3n) is 5.44. The van der Waals surface area contributed by atoms with E-state index < -0.39 is 0 Å². The summed E-state index contributed by atoms with van der Waals surface area (Å²) >= 11 is 3.29. The molecule has 5 heteroatoms. The van der Waals surface area contributed by atoms with Gasteiger partial charge in [-0.3, -0.25) is 4.79 Å². The van der Waals surface area contributed by atoms with Crippen molar-refractivity contribution in [3.8, 4) is 0 Å². The molecule has 158 valence electrons. The average molecular weight is 447 g/mol. The fourth-order valence-electron chi connectivity index (χ4n) is 3.84. The van der Waals surface area contributed by atoms with Crippen molar-refractivity contribution in [3.05, 3.63) is 107 Å². The summed E-state index contributed by atoms with van der Waals surface area (Å²) in [6.07, 6.45) is 5.85. The number of aromatic amines is 1. The minimum atomic E-state index is -0.0360. The molecule has 2 aromatic heterocycles. The summed E-state index contributed by atoms with van der Waals surface area (Å²) < 4.78 is 0. The zero-order valence-corrected chi connectivity index (χ0v) is 18.9. The van der Waals surface area contributed by atoms with E-state index in [-0.39, 0.29) is 11.8 Å². The van der Waals surface area contributed by atoms with Gasteiger partial charge in [-0.05, 0) is 41.3 Å². The number of carbonyl (C=O) groups is 1. The fraction of sp³-hybridized carbons (Fsp3) is 0.231. The molecule has 0 radical (unpaired) electrons. The molecule has 0 aliphatic carbocycles. The van der Waals surface area contributed by atoms with Crippen LogP contribution < -0.4 is 0 Å². The number of hydrogen-bond donors (Lipinski definition) is 1. The number of Topliss-reactive ketones (excluding diaryl/α,β-unsaturated/α-hetero) is 1. The third-order valence-corrected chi connectivity index (χ3v) is 7.39. The van der Waals surface area contributed by atoms with Crippen LogP contribution >= 0.6 is 23.1 Å². The maximum absolute atomic E-state index is 13.4. The summed E-state index contributed by atoms with van der Waals surface area (Å²) in [6, 6.07) is 25.3. The smallest absolute Gasteiger partial charge is 0.165 e. The first-order chi connectivity index (χ1) is 15.3. The van der Waals surface area contributed by atoms with Crippen LogP contribution in [0.15, 0.2) is 95.7 Å². The second-order valence-electron chi connectivity index (χ2n) is 7.66. The quantitative estimate of drug-likeness (QED) is 0.271. The predicted octanol–water partition coefficient (Wildman–Crippen LogP) is 6.41. The van der Waals surface area contributed by atoms with Crippen LogP contribution in [0.1, 0.15) is 28.3 Å². The van der Waals surface area contributed by atoms with Crippen molar-refractivity contribution in [1.29, 1.82) is 0 Å². The van der Waals surface area contributed by atoms with Crippen LogP contribution in [0.25, 0.3) is 0 Å². The summed E-state index contributed by atoms with van der Waals surface area (Å²) in [7, 11) is 0. The minimum Gasteiger partial charge on any atom is -0.340 e. The van der Waals surface area contributed by atoms with Crippen molar-refractivity contribution >= 4 is 28.9 Å². The Morgan fingerprint density at radius 3 is 2.45 bits per heavy atom. The number of H-pyrrole nitrogens is 1. The van der Waals surface area contributed by atoms with Crippen LogP contribution in [0.5, 0.6) is 0 Å². The Balaban J connectivity index is 1.54. The fourth-order valence-corrected chi connectivity index (χ4v) is 5.52. The second-order valence-corrected chi connectivity index (χ2v) is 9.70. The van der Waals surface area contributed by atoms with Gasteiger partial charge in [-0.15, -0.1) is 11.3 Å². The number of nitrogens with one attached hydrogen (secondary N) is 1. The van der Waals surface area contributed by atoms with Gasteiger partial charge in [-0.2, -0.15) is 0 Å². The number of imidazole rings is 1. The molecule has 0 saturated heterocycles. The normalized spacial score (nSPS) is 13.0. The Kier molecular flexibility index (Phi) is 7.75. The molecule has 2 heterocycles. The number of thiophene rings is 1. The number of thioether (sulfide) groups is 1. The van der Waals surface area contributed by atoms with Crippen LogP contribution in [0.4, 0.5) is 0 Å². The van der Waals surface area contributed by atoms with Gasteiger partial charge in [0, 0.05) is 35.4 Å². The van der Waals surface area contributed by atoms with Gasteiger partial charge in [0.15, 0.2) is 5.16 Å². The molecular weight excluding hydrogens is 420 g/mol. The van der Waals surface area contributed by atoms with Crippen LogP contribution in [0.3, 0.4) is 0 Å². The first-order valence-corrected chi connectivity index (χ1v) is 12.4. The molecular formula is C26H26N2OS2. The summed E-state index contributed by atoms with van der Waals surface area (Å²) in [6.45, 7) is 0. The molecule has 0 spiro atoms. The highest BCUT2D eigenvalue weighted by molar-refractivity contribution is 7.99. The van der Waals surface area contributed by atoms with Crippen molar-refractivity contribution in [2.45, 2.75) is 30.3 Å². The lowest BCUT2D eigenvalue weighted by Crippen LogP contribution is -2.22. The molecule has 0 aliphatic rings. The lowest BCUT2D eigenvalue weighted by molar-refractivity contribution is -0.121. The summed E-state index contributed by atoms with van der Waals surface area (Å²) in [5.41, 5.74) is 2.60. The molecule has 0 saturated carbocycles. The number of benzene rings is 2. The Morgan fingerprint density at radius 1 is 1.00 bits per heavy atom. The lowest BCUT2D eigenvalue weighted by Gasteiger charge is -2.23. The standard InChI is InChI=1S/C26H26N2OS2/c29-25(18-24-12-7-15-30-24)23(19-31-26-27-13-14-28-26)17-22(21-10-5-2-6-11-21)16-20-8-3-1-4-9-20/h1-15,22-23H,16-19H2,(H,27,28).